The van der Waals surface area contributed by atoms with Crippen molar-refractivity contribution in [2.45, 2.75) is 37.8 Å². The van der Waals surface area contributed by atoms with Gasteiger partial charge in [0.05, 0.1) is 17.8 Å². The maximum atomic E-state index is 12.2. The second-order valence-electron chi connectivity index (χ2n) is 5.86. The van der Waals surface area contributed by atoms with E-state index in [1.54, 1.807) is 17.4 Å². The van der Waals surface area contributed by atoms with Crippen LogP contribution in [-0.2, 0) is 11.2 Å². The summed E-state index contributed by atoms with van der Waals surface area (Å²) >= 11 is 1.62. The van der Waals surface area contributed by atoms with Crippen LogP contribution in [-0.4, -0.2) is 27.3 Å². The van der Waals surface area contributed by atoms with Gasteiger partial charge in [0.1, 0.15) is 0 Å². The van der Waals surface area contributed by atoms with E-state index in [0.29, 0.717) is 24.5 Å². The number of rotatable bonds is 6. The van der Waals surface area contributed by atoms with Gasteiger partial charge in [0.15, 0.2) is 0 Å². The van der Waals surface area contributed by atoms with Gasteiger partial charge in [0.2, 0.25) is 5.91 Å². The maximum absolute atomic E-state index is 12.2. The van der Waals surface area contributed by atoms with Crippen molar-refractivity contribution in [2.24, 2.45) is 5.92 Å². The first kappa shape index (κ1) is 15.9. The summed E-state index contributed by atoms with van der Waals surface area (Å²) in [5.41, 5.74) is 0.436. The first-order chi connectivity index (χ1) is 11.1. The predicted molar refractivity (Wildman–Crippen MR) is 87.1 cm³/mol. The zero-order chi connectivity index (χ0) is 16.2. The normalized spacial score (nSPS) is 21.4. The van der Waals surface area contributed by atoms with Gasteiger partial charge in [-0.3, -0.25) is 9.59 Å². The Bertz CT molecular complexity index is 687. The molecule has 0 bridgehead atoms. The zero-order valence-corrected chi connectivity index (χ0v) is 13.4. The summed E-state index contributed by atoms with van der Waals surface area (Å²) < 4.78 is 0. The second-order valence-corrected chi connectivity index (χ2v) is 6.84. The van der Waals surface area contributed by atoms with E-state index in [9.17, 15) is 14.7 Å². The van der Waals surface area contributed by atoms with Gasteiger partial charge >= 0.3 is 0 Å². The maximum Gasteiger partial charge on any atom is 0.264 e. The Kier molecular flexibility index (Phi) is 4.88. The van der Waals surface area contributed by atoms with Crippen LogP contribution in [0.15, 0.2) is 34.4 Å². The number of nitrogens with zero attached hydrogens (tertiary/aromatic N) is 1. The van der Waals surface area contributed by atoms with Crippen molar-refractivity contribution < 1.29 is 9.90 Å². The summed E-state index contributed by atoms with van der Waals surface area (Å²) in [4.78, 5) is 24.3. The molecule has 0 radical (unpaired) electrons. The molecule has 3 rings (SSSR count). The number of aliphatic hydroxyl groups is 1. The van der Waals surface area contributed by atoms with Crippen LogP contribution in [0.2, 0.25) is 0 Å². The summed E-state index contributed by atoms with van der Waals surface area (Å²) in [6.07, 6.45) is 2.00. The van der Waals surface area contributed by atoms with Crippen molar-refractivity contribution in [3.05, 3.63) is 50.6 Å². The summed E-state index contributed by atoms with van der Waals surface area (Å²) in [7, 11) is 0. The van der Waals surface area contributed by atoms with Crippen molar-refractivity contribution in [1.82, 2.24) is 15.5 Å². The van der Waals surface area contributed by atoms with Gasteiger partial charge < -0.3 is 10.4 Å². The van der Waals surface area contributed by atoms with E-state index in [0.717, 1.165) is 17.7 Å². The van der Waals surface area contributed by atoms with Gasteiger partial charge in [-0.15, -0.1) is 11.3 Å². The molecular formula is C16H19N3O3S. The van der Waals surface area contributed by atoms with Gasteiger partial charge in [0.25, 0.3) is 5.56 Å². The van der Waals surface area contributed by atoms with Crippen LogP contribution in [0, 0.1) is 5.92 Å². The molecule has 0 spiro atoms. The molecule has 1 aliphatic rings. The Morgan fingerprint density at radius 3 is 2.87 bits per heavy atom. The number of hydrogen-bond donors (Lipinski definition) is 3. The van der Waals surface area contributed by atoms with Gasteiger partial charge in [-0.1, -0.05) is 6.07 Å². The van der Waals surface area contributed by atoms with Crippen LogP contribution in [0.25, 0.3) is 0 Å². The average Bonchev–Trinajstić information content (AvgIpc) is 3.03. The van der Waals surface area contributed by atoms with Gasteiger partial charge in [-0.05, 0) is 36.3 Å². The summed E-state index contributed by atoms with van der Waals surface area (Å²) in [6.45, 7) is 0. The lowest BCUT2D eigenvalue weighted by molar-refractivity contribution is -0.123. The Balaban J connectivity index is 1.57. The van der Waals surface area contributed by atoms with Crippen molar-refractivity contribution in [3.8, 4) is 0 Å². The SMILES string of the molecule is O=C(CCc1ccc(=O)[nH]n1)N[C@H](c1cccs1)C1CC(O)C1. The third kappa shape index (κ3) is 4.05. The Morgan fingerprint density at radius 1 is 1.43 bits per heavy atom. The molecule has 7 heteroatoms. The lowest BCUT2D eigenvalue weighted by Crippen LogP contribution is -2.41. The van der Waals surface area contributed by atoms with Crippen molar-refractivity contribution in [3.63, 3.8) is 0 Å². The largest absolute Gasteiger partial charge is 0.393 e. The van der Waals surface area contributed by atoms with Crippen molar-refractivity contribution >= 4 is 17.2 Å². The second kappa shape index (κ2) is 7.06. The molecule has 1 atom stereocenters. The molecule has 2 aromatic rings. The highest BCUT2D eigenvalue weighted by Crippen LogP contribution is 2.39. The monoisotopic (exact) mass is 333 g/mol. The number of aromatic amines is 1. The molecule has 0 unspecified atom stereocenters. The third-order valence-electron chi connectivity index (χ3n) is 4.13. The number of thiophene rings is 1. The Morgan fingerprint density at radius 2 is 2.26 bits per heavy atom. The molecule has 23 heavy (non-hydrogen) atoms. The number of hydrogen-bond acceptors (Lipinski definition) is 5. The molecular weight excluding hydrogens is 314 g/mol. The highest BCUT2D eigenvalue weighted by Gasteiger charge is 2.36. The number of aliphatic hydroxyl groups excluding tert-OH is 1. The highest BCUT2D eigenvalue weighted by atomic mass is 32.1. The molecule has 1 aliphatic carbocycles. The van der Waals surface area contributed by atoms with Crippen LogP contribution in [0.4, 0.5) is 0 Å². The molecule has 2 aromatic heterocycles. The predicted octanol–water partition coefficient (Wildman–Crippen LogP) is 1.39. The minimum absolute atomic E-state index is 0.0329. The molecule has 0 aromatic carbocycles. The number of aromatic nitrogens is 2. The highest BCUT2D eigenvalue weighted by molar-refractivity contribution is 7.10. The number of carbonyl (C=O) groups is 1. The number of carbonyl (C=O) groups excluding carboxylic acids is 1. The van der Waals surface area contributed by atoms with E-state index in [1.807, 2.05) is 17.5 Å². The van der Waals surface area contributed by atoms with Crippen molar-refractivity contribution in [1.29, 1.82) is 0 Å². The quantitative estimate of drug-likeness (QED) is 0.744. The molecule has 1 saturated carbocycles. The van der Waals surface area contributed by atoms with E-state index < -0.39 is 0 Å². The molecule has 0 saturated heterocycles. The van der Waals surface area contributed by atoms with E-state index in [1.165, 1.54) is 6.07 Å². The van der Waals surface area contributed by atoms with E-state index >= 15 is 0 Å². The van der Waals surface area contributed by atoms with Crippen molar-refractivity contribution in [2.75, 3.05) is 0 Å². The number of aryl methyl sites for hydroxylation is 1. The first-order valence-electron chi connectivity index (χ1n) is 7.67. The lowest BCUT2D eigenvalue weighted by Gasteiger charge is -2.37. The molecule has 2 heterocycles. The fourth-order valence-corrected chi connectivity index (χ4v) is 3.66. The smallest absolute Gasteiger partial charge is 0.264 e. The summed E-state index contributed by atoms with van der Waals surface area (Å²) in [5.74, 6) is 0.247. The molecule has 6 nitrogen and oxygen atoms in total. The van der Waals surface area contributed by atoms with Gasteiger partial charge in [0, 0.05) is 23.8 Å². The zero-order valence-electron chi connectivity index (χ0n) is 12.6. The fourth-order valence-electron chi connectivity index (χ4n) is 2.79. The molecule has 0 aliphatic heterocycles. The van der Waals surface area contributed by atoms with E-state index in [4.69, 9.17) is 0 Å². The summed E-state index contributed by atoms with van der Waals surface area (Å²) in [6, 6.07) is 6.99. The molecule has 3 N–H and O–H groups in total. The first-order valence-corrected chi connectivity index (χ1v) is 8.55. The molecule has 1 amide bonds. The molecule has 122 valence electrons. The van der Waals surface area contributed by atoms with Crippen LogP contribution >= 0.6 is 11.3 Å². The van der Waals surface area contributed by atoms with Gasteiger partial charge in [-0.2, -0.15) is 5.10 Å². The van der Waals surface area contributed by atoms with E-state index in [-0.39, 0.29) is 23.6 Å². The van der Waals surface area contributed by atoms with E-state index in [2.05, 4.69) is 15.5 Å². The average molecular weight is 333 g/mol. The Hall–Kier alpha value is -1.99. The number of H-pyrrole nitrogens is 1. The summed E-state index contributed by atoms with van der Waals surface area (Å²) in [5, 5.41) is 20.9. The molecule has 1 fully saturated rings. The lowest BCUT2D eigenvalue weighted by atomic mass is 9.76. The Labute approximate surface area is 137 Å². The van der Waals surface area contributed by atoms with Crippen LogP contribution in [0.5, 0.6) is 0 Å². The number of amides is 1. The number of nitrogens with one attached hydrogen (secondary N) is 2. The standard InChI is InChI=1S/C16H19N3O3S/c20-12-8-10(9-12)16(13-2-1-7-23-13)17-14(21)5-3-11-4-6-15(22)19-18-11/h1-2,4,6-7,10,12,16,20H,3,5,8-9H2,(H,17,21)(H,19,22)/t10?,12?,16-/m0/s1. The third-order valence-corrected chi connectivity index (χ3v) is 5.09. The fraction of sp³-hybridized carbons (Fsp3) is 0.438. The van der Waals surface area contributed by atoms with Gasteiger partial charge in [-0.25, -0.2) is 5.10 Å². The minimum Gasteiger partial charge on any atom is -0.393 e. The topological polar surface area (TPSA) is 95.1 Å². The van der Waals surface area contributed by atoms with Crippen LogP contribution in [0.1, 0.15) is 35.9 Å². The van der Waals surface area contributed by atoms with Crippen LogP contribution in [0.3, 0.4) is 0 Å². The van der Waals surface area contributed by atoms with Crippen LogP contribution < -0.4 is 10.9 Å². The minimum atomic E-state index is -0.250.